The molecule has 5 rings (SSSR count). The molecule has 0 N–H and O–H groups in total. The second-order valence-corrected chi connectivity index (χ2v) is 8.09. The first-order chi connectivity index (χ1) is 15.0. The molecule has 2 aliphatic heterocycles. The van der Waals surface area contributed by atoms with Gasteiger partial charge in [-0.05, 0) is 49.7 Å². The molecule has 3 heterocycles. The summed E-state index contributed by atoms with van der Waals surface area (Å²) in [5, 5.41) is 4.79. The average Bonchev–Trinajstić information content (AvgIpc) is 3.32. The summed E-state index contributed by atoms with van der Waals surface area (Å²) in [6.45, 7) is 2.29. The fraction of sp³-hybridized carbons (Fsp3) is 0.217. The molecule has 0 saturated heterocycles. The Morgan fingerprint density at radius 3 is 2.35 bits per heavy atom. The van der Waals surface area contributed by atoms with Crippen LogP contribution in [-0.2, 0) is 17.8 Å². The van der Waals surface area contributed by atoms with Crippen molar-refractivity contribution in [3.63, 3.8) is 0 Å². The van der Waals surface area contributed by atoms with Crippen LogP contribution in [0.5, 0.6) is 0 Å². The number of hydrogen-bond acceptors (Lipinski definition) is 5. The van der Waals surface area contributed by atoms with E-state index in [-0.39, 0.29) is 12.5 Å². The predicted molar refractivity (Wildman–Crippen MR) is 112 cm³/mol. The van der Waals surface area contributed by atoms with E-state index in [1.54, 1.807) is 48.2 Å². The smallest absolute Gasteiger partial charge is 0.262 e. The summed E-state index contributed by atoms with van der Waals surface area (Å²) in [6, 6.07) is 13.0. The van der Waals surface area contributed by atoms with E-state index in [4.69, 9.17) is 16.1 Å². The Morgan fingerprint density at radius 1 is 1.06 bits per heavy atom. The fourth-order valence-electron chi connectivity index (χ4n) is 4.18. The second-order valence-electron chi connectivity index (χ2n) is 7.66. The van der Waals surface area contributed by atoms with E-state index in [0.717, 1.165) is 16.0 Å². The quantitative estimate of drug-likeness (QED) is 0.587. The van der Waals surface area contributed by atoms with Crippen molar-refractivity contribution in [2.24, 2.45) is 0 Å². The molecule has 0 bridgehead atoms. The molecule has 0 radical (unpaired) electrons. The number of benzene rings is 2. The topological polar surface area (TPSA) is 83.7 Å². The van der Waals surface area contributed by atoms with Gasteiger partial charge in [-0.1, -0.05) is 28.9 Å². The summed E-state index contributed by atoms with van der Waals surface area (Å²) in [4.78, 5) is 41.3. The SMILES string of the molecule is CC(C(=O)N1CCc2c(noc2-c2ccc(Cl)cc2)C1)N1C(=O)c2ccccc2C1=O. The standard InChI is InChI=1S/C23H18ClN3O4/c1-13(27-22(29)16-4-2-3-5-17(16)23(27)30)21(28)26-11-10-18-19(12-26)25-31-20(18)14-6-8-15(24)9-7-14/h2-9,13H,10-12H2,1H3. The van der Waals surface area contributed by atoms with Crippen molar-refractivity contribution >= 4 is 29.3 Å². The van der Waals surface area contributed by atoms with Crippen LogP contribution in [0.2, 0.25) is 5.02 Å². The largest absolute Gasteiger partial charge is 0.356 e. The van der Waals surface area contributed by atoms with Gasteiger partial charge < -0.3 is 9.42 Å². The molecule has 2 aromatic carbocycles. The molecule has 3 amide bonds. The highest BCUT2D eigenvalue weighted by molar-refractivity contribution is 6.30. The van der Waals surface area contributed by atoms with Crippen molar-refractivity contribution in [2.75, 3.05) is 6.54 Å². The van der Waals surface area contributed by atoms with Gasteiger partial charge in [0.25, 0.3) is 11.8 Å². The van der Waals surface area contributed by atoms with Gasteiger partial charge in [0.05, 0.1) is 17.7 Å². The third kappa shape index (κ3) is 3.13. The number of nitrogens with zero attached hydrogens (tertiary/aromatic N) is 3. The Morgan fingerprint density at radius 2 is 1.71 bits per heavy atom. The number of hydrogen-bond donors (Lipinski definition) is 0. The molecule has 8 heteroatoms. The van der Waals surface area contributed by atoms with Crippen molar-refractivity contribution in [3.8, 4) is 11.3 Å². The molecular formula is C23H18ClN3O4. The van der Waals surface area contributed by atoms with Crippen LogP contribution in [0, 0.1) is 0 Å². The average molecular weight is 436 g/mol. The minimum Gasteiger partial charge on any atom is -0.356 e. The molecule has 1 unspecified atom stereocenters. The van der Waals surface area contributed by atoms with E-state index in [9.17, 15) is 14.4 Å². The van der Waals surface area contributed by atoms with Gasteiger partial charge in [-0.15, -0.1) is 0 Å². The van der Waals surface area contributed by atoms with E-state index >= 15 is 0 Å². The van der Waals surface area contributed by atoms with Crippen LogP contribution in [-0.4, -0.2) is 45.3 Å². The number of imide groups is 1. The van der Waals surface area contributed by atoms with Crippen molar-refractivity contribution in [3.05, 3.63) is 75.9 Å². The van der Waals surface area contributed by atoms with Crippen LogP contribution < -0.4 is 0 Å². The van der Waals surface area contributed by atoms with Crippen LogP contribution in [0.4, 0.5) is 0 Å². The van der Waals surface area contributed by atoms with E-state index in [1.165, 1.54) is 0 Å². The molecule has 0 saturated carbocycles. The normalized spacial score (nSPS) is 16.3. The van der Waals surface area contributed by atoms with Gasteiger partial charge in [-0.25, -0.2) is 0 Å². The van der Waals surface area contributed by atoms with Crippen molar-refractivity contribution in [2.45, 2.75) is 25.9 Å². The first kappa shape index (κ1) is 19.5. The molecule has 7 nitrogen and oxygen atoms in total. The van der Waals surface area contributed by atoms with Gasteiger partial charge in [0, 0.05) is 22.7 Å². The van der Waals surface area contributed by atoms with Gasteiger partial charge in [0.1, 0.15) is 11.7 Å². The van der Waals surface area contributed by atoms with E-state index in [1.807, 2.05) is 12.1 Å². The Balaban J connectivity index is 1.35. The highest BCUT2D eigenvalue weighted by Crippen LogP contribution is 2.32. The molecular weight excluding hydrogens is 418 g/mol. The summed E-state index contributed by atoms with van der Waals surface area (Å²) in [5.41, 5.74) is 3.17. The zero-order valence-corrected chi connectivity index (χ0v) is 17.4. The van der Waals surface area contributed by atoms with Gasteiger partial charge in [-0.2, -0.15) is 0 Å². The fourth-order valence-corrected chi connectivity index (χ4v) is 4.31. The van der Waals surface area contributed by atoms with Crippen molar-refractivity contribution in [1.29, 1.82) is 0 Å². The van der Waals surface area contributed by atoms with Gasteiger partial charge in [0.2, 0.25) is 5.91 Å². The Kier molecular flexibility index (Phi) is 4.63. The molecule has 1 atom stereocenters. The summed E-state index contributed by atoms with van der Waals surface area (Å²) in [7, 11) is 0. The zero-order chi connectivity index (χ0) is 21.7. The van der Waals surface area contributed by atoms with Crippen molar-refractivity contribution < 1.29 is 18.9 Å². The van der Waals surface area contributed by atoms with Gasteiger partial charge in [0.15, 0.2) is 5.76 Å². The highest BCUT2D eigenvalue weighted by atomic mass is 35.5. The third-order valence-corrected chi connectivity index (χ3v) is 6.08. The summed E-state index contributed by atoms with van der Waals surface area (Å²) in [5.74, 6) is -0.500. The Hall–Kier alpha value is -3.45. The number of carbonyl (C=O) groups excluding carboxylic acids is 3. The number of halogens is 1. The molecule has 31 heavy (non-hydrogen) atoms. The van der Waals surface area contributed by atoms with Crippen LogP contribution in [0.3, 0.4) is 0 Å². The molecule has 0 aliphatic carbocycles. The first-order valence-corrected chi connectivity index (χ1v) is 10.3. The summed E-state index contributed by atoms with van der Waals surface area (Å²) in [6.07, 6.45) is 0.567. The number of aromatic nitrogens is 1. The Bertz CT molecular complexity index is 1180. The lowest BCUT2D eigenvalue weighted by molar-refractivity contribution is -0.135. The highest BCUT2D eigenvalue weighted by Gasteiger charge is 2.42. The number of carbonyl (C=O) groups is 3. The minimum absolute atomic E-state index is 0.263. The summed E-state index contributed by atoms with van der Waals surface area (Å²) < 4.78 is 5.56. The lowest BCUT2D eigenvalue weighted by atomic mass is 10.00. The number of amides is 3. The van der Waals surface area contributed by atoms with Gasteiger partial charge >= 0.3 is 0 Å². The predicted octanol–water partition coefficient (Wildman–Crippen LogP) is 3.56. The van der Waals surface area contributed by atoms with Crippen molar-refractivity contribution in [1.82, 2.24) is 15.0 Å². The molecule has 0 fully saturated rings. The van der Waals surface area contributed by atoms with E-state index in [2.05, 4.69) is 5.16 Å². The maximum absolute atomic E-state index is 13.2. The number of fused-ring (bicyclic) bond motifs is 2. The third-order valence-electron chi connectivity index (χ3n) is 5.83. The maximum Gasteiger partial charge on any atom is 0.262 e. The first-order valence-electron chi connectivity index (χ1n) is 9.94. The zero-order valence-electron chi connectivity index (χ0n) is 16.7. The van der Waals surface area contributed by atoms with Crippen LogP contribution in [0.25, 0.3) is 11.3 Å². The second kappa shape index (κ2) is 7.35. The van der Waals surface area contributed by atoms with Crippen LogP contribution in [0.1, 0.15) is 38.9 Å². The maximum atomic E-state index is 13.2. The monoisotopic (exact) mass is 435 g/mol. The minimum atomic E-state index is -0.906. The van der Waals surface area contributed by atoms with E-state index < -0.39 is 17.9 Å². The molecule has 1 aromatic heterocycles. The lowest BCUT2D eigenvalue weighted by Crippen LogP contribution is -2.50. The molecule has 0 spiro atoms. The Labute approximate surface area is 183 Å². The summed E-state index contributed by atoms with van der Waals surface area (Å²) >= 11 is 5.96. The molecule has 2 aliphatic rings. The van der Waals surface area contributed by atoms with Crippen LogP contribution >= 0.6 is 11.6 Å². The van der Waals surface area contributed by atoms with Crippen LogP contribution in [0.15, 0.2) is 53.1 Å². The van der Waals surface area contributed by atoms with Gasteiger partial charge in [-0.3, -0.25) is 19.3 Å². The molecule has 156 valence electrons. The lowest BCUT2D eigenvalue weighted by Gasteiger charge is -2.31. The number of rotatable bonds is 3. The van der Waals surface area contributed by atoms with E-state index in [0.29, 0.717) is 40.6 Å². The molecule has 3 aromatic rings.